The lowest BCUT2D eigenvalue weighted by atomic mass is 9.94. The molecule has 1 aliphatic rings. The van der Waals surface area contributed by atoms with Crippen molar-refractivity contribution in [2.45, 2.75) is 25.3 Å². The van der Waals surface area contributed by atoms with Crippen molar-refractivity contribution in [3.05, 3.63) is 38.5 Å². The summed E-state index contributed by atoms with van der Waals surface area (Å²) in [4.78, 5) is 1.49. The van der Waals surface area contributed by atoms with Gasteiger partial charge in [-0.05, 0) is 46.8 Å². The predicted octanol–water partition coefficient (Wildman–Crippen LogP) is 5.02. The van der Waals surface area contributed by atoms with E-state index in [1.54, 1.807) is 14.2 Å². The molecule has 1 heterocycles. The second-order valence-corrected chi connectivity index (χ2v) is 7.64. The van der Waals surface area contributed by atoms with Gasteiger partial charge in [-0.15, -0.1) is 11.3 Å². The zero-order chi connectivity index (χ0) is 14.8. The molecule has 112 valence electrons. The summed E-state index contributed by atoms with van der Waals surface area (Å²) in [7, 11) is 3.35. The van der Waals surface area contributed by atoms with Crippen LogP contribution < -0.4 is 14.8 Å². The summed E-state index contributed by atoms with van der Waals surface area (Å²) >= 11 is 5.45. The van der Waals surface area contributed by atoms with Gasteiger partial charge in [0.1, 0.15) is 11.5 Å². The first kappa shape index (κ1) is 14.7. The highest BCUT2D eigenvalue weighted by Crippen LogP contribution is 2.40. The Bertz CT molecular complexity index is 619. The van der Waals surface area contributed by atoms with Crippen molar-refractivity contribution in [3.63, 3.8) is 0 Å². The lowest BCUT2D eigenvalue weighted by Crippen LogP contribution is -2.15. The number of benzene rings is 1. The molecule has 0 bridgehead atoms. The summed E-state index contributed by atoms with van der Waals surface area (Å²) in [5.74, 6) is 1.61. The van der Waals surface area contributed by atoms with Crippen LogP contribution in [0.5, 0.6) is 11.5 Å². The largest absolute Gasteiger partial charge is 0.497 e. The molecular formula is C16H18BrNO2S. The molecule has 3 nitrogen and oxygen atoms in total. The molecule has 1 aliphatic carbocycles. The third-order valence-corrected chi connectivity index (χ3v) is 5.49. The van der Waals surface area contributed by atoms with Crippen LogP contribution in [0.1, 0.15) is 29.3 Å². The summed E-state index contributed by atoms with van der Waals surface area (Å²) < 4.78 is 11.9. The third kappa shape index (κ3) is 3.19. The van der Waals surface area contributed by atoms with E-state index in [2.05, 4.69) is 27.3 Å². The molecule has 0 fully saturated rings. The highest BCUT2D eigenvalue weighted by Gasteiger charge is 2.22. The van der Waals surface area contributed by atoms with Gasteiger partial charge in [0.05, 0.1) is 24.0 Å². The minimum absolute atomic E-state index is 0.355. The van der Waals surface area contributed by atoms with E-state index in [1.807, 2.05) is 29.5 Å². The maximum Gasteiger partial charge on any atom is 0.124 e. The number of hydrogen-bond acceptors (Lipinski definition) is 4. The lowest BCUT2D eigenvalue weighted by Gasteiger charge is -2.25. The van der Waals surface area contributed by atoms with E-state index in [4.69, 9.17) is 9.47 Å². The van der Waals surface area contributed by atoms with Gasteiger partial charge in [0, 0.05) is 28.8 Å². The molecule has 0 saturated carbocycles. The Balaban J connectivity index is 1.87. The summed E-state index contributed by atoms with van der Waals surface area (Å²) in [6.45, 7) is 0. The number of thiophene rings is 1. The van der Waals surface area contributed by atoms with E-state index in [0.29, 0.717) is 6.04 Å². The van der Waals surface area contributed by atoms with Crippen LogP contribution in [0.3, 0.4) is 0 Å². The van der Waals surface area contributed by atoms with Gasteiger partial charge in [0.25, 0.3) is 0 Å². The molecule has 1 N–H and O–H groups in total. The van der Waals surface area contributed by atoms with E-state index < -0.39 is 0 Å². The SMILES string of the molecule is COc1cc(NC2CCCc3sc(Br)cc32)cc(OC)c1. The van der Waals surface area contributed by atoms with Crippen molar-refractivity contribution in [2.24, 2.45) is 0 Å². The zero-order valence-corrected chi connectivity index (χ0v) is 14.5. The van der Waals surface area contributed by atoms with Gasteiger partial charge in [-0.2, -0.15) is 0 Å². The fraction of sp³-hybridized carbons (Fsp3) is 0.375. The molecule has 1 aromatic heterocycles. The van der Waals surface area contributed by atoms with E-state index in [0.717, 1.165) is 23.6 Å². The average molecular weight is 368 g/mol. The molecule has 1 atom stereocenters. The van der Waals surface area contributed by atoms with Gasteiger partial charge in [-0.25, -0.2) is 0 Å². The average Bonchev–Trinajstić information content (AvgIpc) is 2.88. The molecule has 2 aromatic rings. The van der Waals surface area contributed by atoms with Crippen molar-refractivity contribution in [3.8, 4) is 11.5 Å². The van der Waals surface area contributed by atoms with Gasteiger partial charge in [-0.3, -0.25) is 0 Å². The van der Waals surface area contributed by atoms with E-state index in [1.165, 1.54) is 27.1 Å². The summed E-state index contributed by atoms with van der Waals surface area (Å²) in [6.07, 6.45) is 3.56. The number of rotatable bonds is 4. The fourth-order valence-corrected chi connectivity index (χ4v) is 4.58. The highest BCUT2D eigenvalue weighted by molar-refractivity contribution is 9.11. The molecule has 3 rings (SSSR count). The van der Waals surface area contributed by atoms with Crippen LogP contribution in [0.4, 0.5) is 5.69 Å². The van der Waals surface area contributed by atoms with Crippen LogP contribution in [-0.4, -0.2) is 14.2 Å². The van der Waals surface area contributed by atoms with Crippen LogP contribution in [0, 0.1) is 0 Å². The Morgan fingerprint density at radius 1 is 1.14 bits per heavy atom. The minimum Gasteiger partial charge on any atom is -0.497 e. The monoisotopic (exact) mass is 367 g/mol. The van der Waals surface area contributed by atoms with Crippen molar-refractivity contribution < 1.29 is 9.47 Å². The van der Waals surface area contributed by atoms with Gasteiger partial charge in [-0.1, -0.05) is 0 Å². The Labute approximate surface area is 137 Å². The first-order valence-corrected chi connectivity index (χ1v) is 8.58. The predicted molar refractivity (Wildman–Crippen MR) is 90.9 cm³/mol. The number of anilines is 1. The highest BCUT2D eigenvalue weighted by atomic mass is 79.9. The summed E-state index contributed by atoms with van der Waals surface area (Å²) in [5, 5.41) is 3.63. The Hall–Kier alpha value is -1.20. The van der Waals surface area contributed by atoms with Crippen LogP contribution >= 0.6 is 27.3 Å². The molecule has 0 radical (unpaired) electrons. The van der Waals surface area contributed by atoms with E-state index in [9.17, 15) is 0 Å². The normalized spacial score (nSPS) is 17.2. The van der Waals surface area contributed by atoms with Crippen LogP contribution in [0.2, 0.25) is 0 Å². The van der Waals surface area contributed by atoms with Crippen molar-refractivity contribution in [1.29, 1.82) is 0 Å². The maximum atomic E-state index is 5.33. The Kier molecular flexibility index (Phi) is 4.40. The second kappa shape index (κ2) is 6.28. The fourth-order valence-electron chi connectivity index (χ4n) is 2.76. The Morgan fingerprint density at radius 3 is 2.52 bits per heavy atom. The number of methoxy groups -OCH3 is 2. The van der Waals surface area contributed by atoms with Crippen LogP contribution in [-0.2, 0) is 6.42 Å². The number of hydrogen-bond donors (Lipinski definition) is 1. The molecule has 5 heteroatoms. The first-order valence-electron chi connectivity index (χ1n) is 6.97. The quantitative estimate of drug-likeness (QED) is 0.822. The number of nitrogens with one attached hydrogen (secondary N) is 1. The maximum absolute atomic E-state index is 5.33. The van der Waals surface area contributed by atoms with Crippen molar-refractivity contribution >= 4 is 33.0 Å². The summed E-state index contributed by atoms with van der Waals surface area (Å²) in [5.41, 5.74) is 2.45. The van der Waals surface area contributed by atoms with Gasteiger partial charge in [0.15, 0.2) is 0 Å². The van der Waals surface area contributed by atoms with Crippen LogP contribution in [0.15, 0.2) is 28.1 Å². The topological polar surface area (TPSA) is 30.5 Å². The lowest BCUT2D eigenvalue weighted by molar-refractivity contribution is 0.394. The molecule has 0 spiro atoms. The standard InChI is InChI=1S/C16H18BrNO2S/c1-19-11-6-10(7-12(8-11)20-2)18-14-4-3-5-15-13(14)9-16(17)21-15/h6-9,14,18H,3-5H2,1-2H3. The molecule has 1 aromatic carbocycles. The molecule has 0 saturated heterocycles. The smallest absolute Gasteiger partial charge is 0.124 e. The molecule has 0 amide bonds. The molecule has 1 unspecified atom stereocenters. The number of fused-ring (bicyclic) bond motifs is 1. The molecular weight excluding hydrogens is 350 g/mol. The molecule has 21 heavy (non-hydrogen) atoms. The molecule has 0 aliphatic heterocycles. The third-order valence-electron chi connectivity index (χ3n) is 3.78. The number of halogens is 1. The van der Waals surface area contributed by atoms with Gasteiger partial charge < -0.3 is 14.8 Å². The second-order valence-electron chi connectivity index (χ2n) is 5.12. The number of aryl methyl sites for hydroxylation is 1. The van der Waals surface area contributed by atoms with E-state index in [-0.39, 0.29) is 0 Å². The summed E-state index contributed by atoms with van der Waals surface area (Å²) in [6, 6.07) is 8.51. The van der Waals surface area contributed by atoms with Crippen molar-refractivity contribution in [2.75, 3.05) is 19.5 Å². The zero-order valence-electron chi connectivity index (χ0n) is 12.1. The van der Waals surface area contributed by atoms with Crippen molar-refractivity contribution in [1.82, 2.24) is 0 Å². The van der Waals surface area contributed by atoms with E-state index >= 15 is 0 Å². The Morgan fingerprint density at radius 2 is 1.86 bits per heavy atom. The van der Waals surface area contributed by atoms with Gasteiger partial charge >= 0.3 is 0 Å². The number of ether oxygens (including phenoxy) is 2. The van der Waals surface area contributed by atoms with Crippen LogP contribution in [0.25, 0.3) is 0 Å². The van der Waals surface area contributed by atoms with Gasteiger partial charge in [0.2, 0.25) is 0 Å². The minimum atomic E-state index is 0.355. The first-order chi connectivity index (χ1) is 10.2.